The molecule has 88 valence electrons. The molecule has 16 heavy (non-hydrogen) atoms. The van der Waals surface area contributed by atoms with E-state index >= 15 is 0 Å². The Morgan fingerprint density at radius 2 is 2.06 bits per heavy atom. The van der Waals surface area contributed by atoms with Crippen LogP contribution in [0, 0.1) is 12.3 Å². The van der Waals surface area contributed by atoms with Crippen molar-refractivity contribution in [1.82, 2.24) is 0 Å². The van der Waals surface area contributed by atoms with Crippen LogP contribution < -0.4 is 5.73 Å². The molecule has 0 bridgehead atoms. The Balaban J connectivity index is 2.32. The maximum Gasteiger partial charge on any atom is 0.0493 e. The van der Waals surface area contributed by atoms with Crippen LogP contribution in [0.25, 0.3) is 0 Å². The topological polar surface area (TPSA) is 46.2 Å². The lowest BCUT2D eigenvalue weighted by Gasteiger charge is -2.47. The molecule has 0 aliphatic heterocycles. The molecule has 1 aliphatic carbocycles. The number of hydrogen-bond donors (Lipinski definition) is 2. The van der Waals surface area contributed by atoms with Crippen molar-refractivity contribution >= 4 is 0 Å². The van der Waals surface area contributed by atoms with Crippen molar-refractivity contribution in [3.63, 3.8) is 0 Å². The largest absolute Gasteiger partial charge is 0.396 e. The standard InChI is InChI=1S/C14H21NO/c1-11-5-2-3-6-12(11)13(9-15)14(10-16)7-4-8-14/h2-3,5-6,13,16H,4,7-10,15H2,1H3. The minimum Gasteiger partial charge on any atom is -0.396 e. The van der Waals surface area contributed by atoms with E-state index in [0.717, 1.165) is 12.8 Å². The van der Waals surface area contributed by atoms with Gasteiger partial charge < -0.3 is 10.8 Å². The monoisotopic (exact) mass is 219 g/mol. The Morgan fingerprint density at radius 3 is 2.50 bits per heavy atom. The van der Waals surface area contributed by atoms with Gasteiger partial charge in [0.05, 0.1) is 0 Å². The summed E-state index contributed by atoms with van der Waals surface area (Å²) in [5.41, 5.74) is 8.60. The number of nitrogens with two attached hydrogens (primary N) is 1. The highest BCUT2D eigenvalue weighted by Gasteiger charge is 2.43. The third kappa shape index (κ3) is 1.76. The van der Waals surface area contributed by atoms with Gasteiger partial charge in [-0.2, -0.15) is 0 Å². The molecule has 1 unspecified atom stereocenters. The number of aliphatic hydroxyl groups excluding tert-OH is 1. The van der Waals surface area contributed by atoms with Crippen molar-refractivity contribution in [2.75, 3.05) is 13.2 Å². The highest BCUT2D eigenvalue weighted by molar-refractivity contribution is 5.32. The van der Waals surface area contributed by atoms with Gasteiger partial charge in [0.25, 0.3) is 0 Å². The molecule has 3 N–H and O–H groups in total. The van der Waals surface area contributed by atoms with Crippen molar-refractivity contribution in [3.8, 4) is 0 Å². The zero-order chi connectivity index (χ0) is 11.6. The molecule has 0 spiro atoms. The highest BCUT2D eigenvalue weighted by atomic mass is 16.3. The normalized spacial score (nSPS) is 20.2. The molecule has 1 atom stereocenters. The van der Waals surface area contributed by atoms with E-state index in [-0.39, 0.29) is 12.0 Å². The summed E-state index contributed by atoms with van der Waals surface area (Å²) < 4.78 is 0. The predicted molar refractivity (Wildman–Crippen MR) is 66.3 cm³/mol. The average Bonchev–Trinajstić information content (AvgIpc) is 2.25. The van der Waals surface area contributed by atoms with Crippen LogP contribution in [0.1, 0.15) is 36.3 Å². The van der Waals surface area contributed by atoms with Crippen LogP contribution in [0.5, 0.6) is 0 Å². The van der Waals surface area contributed by atoms with Crippen LogP contribution in [0.15, 0.2) is 24.3 Å². The second kappa shape index (κ2) is 4.56. The van der Waals surface area contributed by atoms with Gasteiger partial charge in [0.1, 0.15) is 0 Å². The Hall–Kier alpha value is -0.860. The van der Waals surface area contributed by atoms with Crippen LogP contribution in [0.4, 0.5) is 0 Å². The van der Waals surface area contributed by atoms with E-state index in [4.69, 9.17) is 5.73 Å². The Bertz CT molecular complexity index is 352. The summed E-state index contributed by atoms with van der Waals surface area (Å²) in [7, 11) is 0. The molecule has 0 amide bonds. The summed E-state index contributed by atoms with van der Waals surface area (Å²) in [5, 5.41) is 9.63. The fourth-order valence-electron chi connectivity index (χ4n) is 2.93. The van der Waals surface area contributed by atoms with Gasteiger partial charge in [-0.15, -0.1) is 0 Å². The first-order valence-corrected chi connectivity index (χ1v) is 6.10. The minimum absolute atomic E-state index is 0.0564. The first-order chi connectivity index (χ1) is 7.73. The van der Waals surface area contributed by atoms with E-state index in [2.05, 4.69) is 31.2 Å². The first-order valence-electron chi connectivity index (χ1n) is 6.10. The molecule has 0 radical (unpaired) electrons. The van der Waals surface area contributed by atoms with Crippen LogP contribution in [-0.4, -0.2) is 18.3 Å². The lowest BCUT2D eigenvalue weighted by molar-refractivity contribution is 0.0190. The first kappa shape index (κ1) is 11.6. The lowest BCUT2D eigenvalue weighted by atomic mass is 9.59. The van der Waals surface area contributed by atoms with Gasteiger partial charge in [0.2, 0.25) is 0 Å². The third-order valence-corrected chi connectivity index (χ3v) is 4.20. The molecule has 1 aromatic carbocycles. The summed E-state index contributed by atoms with van der Waals surface area (Å²) in [6.07, 6.45) is 3.45. The molecule has 1 aliphatic rings. The molecule has 2 nitrogen and oxygen atoms in total. The summed E-state index contributed by atoms with van der Waals surface area (Å²) in [5.74, 6) is 0.312. The zero-order valence-electron chi connectivity index (χ0n) is 9.95. The van der Waals surface area contributed by atoms with Crippen molar-refractivity contribution in [1.29, 1.82) is 0 Å². The van der Waals surface area contributed by atoms with Crippen LogP contribution >= 0.6 is 0 Å². The van der Waals surface area contributed by atoms with Crippen molar-refractivity contribution in [2.24, 2.45) is 11.1 Å². The second-order valence-corrected chi connectivity index (χ2v) is 5.02. The van der Waals surface area contributed by atoms with Gasteiger partial charge in [0.15, 0.2) is 0 Å². The van der Waals surface area contributed by atoms with Crippen molar-refractivity contribution in [3.05, 3.63) is 35.4 Å². The van der Waals surface area contributed by atoms with Crippen molar-refractivity contribution < 1.29 is 5.11 Å². The zero-order valence-corrected chi connectivity index (χ0v) is 9.95. The summed E-state index contributed by atoms with van der Waals surface area (Å²) in [6, 6.07) is 8.40. The molecular weight excluding hydrogens is 198 g/mol. The summed E-state index contributed by atoms with van der Waals surface area (Å²) in [6.45, 7) is 3.02. The maximum atomic E-state index is 9.63. The molecule has 0 aromatic heterocycles. The molecular formula is C14H21NO. The lowest BCUT2D eigenvalue weighted by Crippen LogP contribution is -2.42. The molecule has 2 rings (SSSR count). The Labute approximate surface area is 97.5 Å². The maximum absolute atomic E-state index is 9.63. The van der Waals surface area contributed by atoms with Crippen molar-refractivity contribution in [2.45, 2.75) is 32.1 Å². The summed E-state index contributed by atoms with van der Waals surface area (Å²) >= 11 is 0. The van der Waals surface area contributed by atoms with E-state index in [9.17, 15) is 5.11 Å². The number of aliphatic hydroxyl groups is 1. The molecule has 1 saturated carbocycles. The van der Waals surface area contributed by atoms with E-state index in [0.29, 0.717) is 12.5 Å². The van der Waals surface area contributed by atoms with Crippen LogP contribution in [-0.2, 0) is 0 Å². The average molecular weight is 219 g/mol. The van der Waals surface area contributed by atoms with E-state index in [1.807, 2.05) is 0 Å². The third-order valence-electron chi connectivity index (χ3n) is 4.20. The smallest absolute Gasteiger partial charge is 0.0493 e. The molecule has 0 heterocycles. The van der Waals surface area contributed by atoms with E-state index in [1.165, 1.54) is 17.5 Å². The summed E-state index contributed by atoms with van der Waals surface area (Å²) in [4.78, 5) is 0. The highest BCUT2D eigenvalue weighted by Crippen LogP contribution is 2.51. The van der Waals surface area contributed by atoms with Crippen LogP contribution in [0.3, 0.4) is 0 Å². The van der Waals surface area contributed by atoms with Gasteiger partial charge >= 0.3 is 0 Å². The SMILES string of the molecule is Cc1ccccc1C(CN)C1(CO)CCC1. The van der Waals surface area contributed by atoms with Gasteiger partial charge in [-0.05, 0) is 37.4 Å². The number of rotatable bonds is 4. The number of benzene rings is 1. The predicted octanol–water partition coefficient (Wildman–Crippen LogP) is 2.20. The van der Waals surface area contributed by atoms with E-state index < -0.39 is 0 Å². The fraction of sp³-hybridized carbons (Fsp3) is 0.571. The Kier molecular flexibility index (Phi) is 3.31. The fourth-order valence-corrected chi connectivity index (χ4v) is 2.93. The van der Waals surface area contributed by atoms with Gasteiger partial charge in [0, 0.05) is 17.9 Å². The molecule has 2 heteroatoms. The molecule has 1 aromatic rings. The molecule has 0 saturated heterocycles. The quantitative estimate of drug-likeness (QED) is 0.815. The van der Waals surface area contributed by atoms with Gasteiger partial charge in [-0.25, -0.2) is 0 Å². The van der Waals surface area contributed by atoms with E-state index in [1.54, 1.807) is 0 Å². The number of hydrogen-bond acceptors (Lipinski definition) is 2. The Morgan fingerprint density at radius 1 is 1.38 bits per heavy atom. The van der Waals surface area contributed by atoms with Gasteiger partial charge in [-0.3, -0.25) is 0 Å². The molecule has 1 fully saturated rings. The van der Waals surface area contributed by atoms with Gasteiger partial charge in [-0.1, -0.05) is 30.7 Å². The second-order valence-electron chi connectivity index (χ2n) is 5.02. The number of aryl methyl sites for hydroxylation is 1. The minimum atomic E-state index is 0.0564. The van der Waals surface area contributed by atoms with Crippen LogP contribution in [0.2, 0.25) is 0 Å².